The first-order chi connectivity index (χ1) is 8.20. The lowest BCUT2D eigenvalue weighted by Gasteiger charge is -2.34. The lowest BCUT2D eigenvalue weighted by molar-refractivity contribution is 0.131. The van der Waals surface area contributed by atoms with Crippen molar-refractivity contribution in [3.05, 3.63) is 29.3 Å². The van der Waals surface area contributed by atoms with Crippen LogP contribution in [-0.4, -0.2) is 47.6 Å². The molecule has 1 aliphatic rings. The predicted molar refractivity (Wildman–Crippen MR) is 70.2 cm³/mol. The van der Waals surface area contributed by atoms with Crippen LogP contribution in [0.4, 0.5) is 0 Å². The van der Waals surface area contributed by atoms with Crippen molar-refractivity contribution in [1.82, 2.24) is 9.80 Å². The van der Waals surface area contributed by atoms with Crippen molar-refractivity contribution in [3.63, 3.8) is 0 Å². The van der Waals surface area contributed by atoms with E-state index in [2.05, 4.69) is 16.7 Å². The van der Waals surface area contributed by atoms with Crippen molar-refractivity contribution >= 4 is 0 Å². The van der Waals surface area contributed by atoms with Crippen LogP contribution in [0.3, 0.4) is 0 Å². The molecule has 0 spiro atoms. The topological polar surface area (TPSA) is 26.7 Å². The van der Waals surface area contributed by atoms with Gasteiger partial charge < -0.3 is 10.0 Å². The average molecular weight is 234 g/mol. The summed E-state index contributed by atoms with van der Waals surface area (Å²) >= 11 is 0. The van der Waals surface area contributed by atoms with Crippen LogP contribution >= 0.6 is 0 Å². The number of hydrogen-bond donors (Lipinski definition) is 1. The zero-order chi connectivity index (χ0) is 12.3. The van der Waals surface area contributed by atoms with E-state index in [0.717, 1.165) is 50.4 Å². The molecular formula is C14H22N2O. The molecule has 0 aliphatic carbocycles. The van der Waals surface area contributed by atoms with E-state index in [4.69, 9.17) is 0 Å². The number of likely N-dealkylation sites (N-methyl/N-ethyl adjacent to an activating group) is 1. The highest BCUT2D eigenvalue weighted by Crippen LogP contribution is 2.23. The van der Waals surface area contributed by atoms with Crippen LogP contribution in [-0.2, 0) is 6.54 Å². The van der Waals surface area contributed by atoms with Crippen LogP contribution < -0.4 is 0 Å². The molecule has 17 heavy (non-hydrogen) atoms. The second-order valence-corrected chi connectivity index (χ2v) is 4.79. The highest BCUT2D eigenvalue weighted by Gasteiger charge is 2.16. The maximum atomic E-state index is 9.99. The predicted octanol–water partition coefficient (Wildman–Crippen LogP) is 1.84. The average Bonchev–Trinajstić information content (AvgIpc) is 2.36. The number of rotatable bonds is 3. The Morgan fingerprint density at radius 1 is 1.12 bits per heavy atom. The van der Waals surface area contributed by atoms with Crippen molar-refractivity contribution in [2.75, 3.05) is 32.7 Å². The van der Waals surface area contributed by atoms with Crippen molar-refractivity contribution in [2.24, 2.45) is 0 Å². The molecule has 0 aromatic heterocycles. The van der Waals surface area contributed by atoms with E-state index in [1.54, 1.807) is 0 Å². The SMILES string of the molecule is CCN1CCN(Cc2cccc(C)c2O)CC1. The summed E-state index contributed by atoms with van der Waals surface area (Å²) in [7, 11) is 0. The second-order valence-electron chi connectivity index (χ2n) is 4.79. The Kier molecular flexibility index (Phi) is 4.02. The van der Waals surface area contributed by atoms with Gasteiger partial charge in [-0.3, -0.25) is 4.90 Å². The van der Waals surface area contributed by atoms with Crippen LogP contribution in [0.1, 0.15) is 18.1 Å². The zero-order valence-electron chi connectivity index (χ0n) is 10.8. The third-order valence-electron chi connectivity index (χ3n) is 3.63. The van der Waals surface area contributed by atoms with E-state index in [1.807, 2.05) is 25.1 Å². The van der Waals surface area contributed by atoms with E-state index in [1.165, 1.54) is 0 Å². The first-order valence-electron chi connectivity index (χ1n) is 6.43. The van der Waals surface area contributed by atoms with Gasteiger partial charge in [-0.1, -0.05) is 25.1 Å². The molecular weight excluding hydrogens is 212 g/mol. The third kappa shape index (κ3) is 2.99. The smallest absolute Gasteiger partial charge is 0.122 e. The molecule has 94 valence electrons. The lowest BCUT2D eigenvalue weighted by atomic mass is 10.1. The molecule has 1 aliphatic heterocycles. The van der Waals surface area contributed by atoms with Crippen LogP contribution in [0.15, 0.2) is 18.2 Å². The molecule has 1 saturated heterocycles. The maximum absolute atomic E-state index is 9.99. The lowest BCUT2D eigenvalue weighted by Crippen LogP contribution is -2.45. The molecule has 1 N–H and O–H groups in total. The minimum absolute atomic E-state index is 0.463. The van der Waals surface area contributed by atoms with Gasteiger partial charge in [-0.15, -0.1) is 0 Å². The van der Waals surface area contributed by atoms with Crippen molar-refractivity contribution < 1.29 is 5.11 Å². The third-order valence-corrected chi connectivity index (χ3v) is 3.63. The molecule has 0 bridgehead atoms. The van der Waals surface area contributed by atoms with Gasteiger partial charge in [0.25, 0.3) is 0 Å². The molecule has 0 atom stereocenters. The van der Waals surface area contributed by atoms with Crippen molar-refractivity contribution in [3.8, 4) is 5.75 Å². The van der Waals surface area contributed by atoms with Gasteiger partial charge in [0.1, 0.15) is 5.75 Å². The summed E-state index contributed by atoms with van der Waals surface area (Å²) in [5.41, 5.74) is 2.02. The molecule has 3 nitrogen and oxygen atoms in total. The number of hydrogen-bond acceptors (Lipinski definition) is 3. The van der Waals surface area contributed by atoms with Gasteiger partial charge in [0.15, 0.2) is 0 Å². The van der Waals surface area contributed by atoms with Gasteiger partial charge in [-0.2, -0.15) is 0 Å². The molecule has 2 rings (SSSR count). The van der Waals surface area contributed by atoms with Gasteiger partial charge >= 0.3 is 0 Å². The number of nitrogens with zero attached hydrogens (tertiary/aromatic N) is 2. The Hall–Kier alpha value is -1.06. The Bertz CT molecular complexity index is 370. The first-order valence-corrected chi connectivity index (χ1v) is 6.43. The van der Waals surface area contributed by atoms with Crippen LogP contribution in [0.25, 0.3) is 0 Å². The molecule has 0 unspecified atom stereocenters. The minimum atomic E-state index is 0.463. The van der Waals surface area contributed by atoms with E-state index in [0.29, 0.717) is 5.75 Å². The maximum Gasteiger partial charge on any atom is 0.122 e. The Morgan fingerprint density at radius 3 is 2.41 bits per heavy atom. The van der Waals surface area contributed by atoms with Crippen molar-refractivity contribution in [2.45, 2.75) is 20.4 Å². The van der Waals surface area contributed by atoms with E-state index < -0.39 is 0 Å². The molecule has 0 amide bonds. The van der Waals surface area contributed by atoms with Crippen LogP contribution in [0.2, 0.25) is 0 Å². The molecule has 0 radical (unpaired) electrons. The summed E-state index contributed by atoms with van der Waals surface area (Å²) in [6.07, 6.45) is 0. The number of benzene rings is 1. The van der Waals surface area contributed by atoms with Gasteiger partial charge in [0.2, 0.25) is 0 Å². The number of phenols is 1. The number of para-hydroxylation sites is 1. The highest BCUT2D eigenvalue weighted by atomic mass is 16.3. The number of aryl methyl sites for hydroxylation is 1. The fraction of sp³-hybridized carbons (Fsp3) is 0.571. The summed E-state index contributed by atoms with van der Waals surface area (Å²) in [4.78, 5) is 4.88. The summed E-state index contributed by atoms with van der Waals surface area (Å²) in [6, 6.07) is 6.00. The summed E-state index contributed by atoms with van der Waals surface area (Å²) in [6.45, 7) is 10.7. The fourth-order valence-corrected chi connectivity index (χ4v) is 2.35. The summed E-state index contributed by atoms with van der Waals surface area (Å²) in [5.74, 6) is 0.463. The summed E-state index contributed by atoms with van der Waals surface area (Å²) < 4.78 is 0. The molecule has 3 heteroatoms. The Morgan fingerprint density at radius 2 is 1.76 bits per heavy atom. The number of phenolic OH excluding ortho intramolecular Hbond substituents is 1. The minimum Gasteiger partial charge on any atom is -0.507 e. The first kappa shape index (κ1) is 12.4. The molecule has 1 aromatic carbocycles. The Balaban J connectivity index is 1.95. The van der Waals surface area contributed by atoms with Gasteiger partial charge in [-0.25, -0.2) is 0 Å². The second kappa shape index (κ2) is 5.52. The fourth-order valence-electron chi connectivity index (χ4n) is 2.35. The van der Waals surface area contributed by atoms with E-state index >= 15 is 0 Å². The summed E-state index contributed by atoms with van der Waals surface area (Å²) in [5, 5.41) is 9.99. The molecule has 1 fully saturated rings. The normalized spacial score (nSPS) is 18.5. The molecule has 0 saturated carbocycles. The standard InChI is InChI=1S/C14H22N2O/c1-3-15-7-9-16(10-8-15)11-13-6-4-5-12(2)14(13)17/h4-6,17H,3,7-11H2,1-2H3. The van der Waals surface area contributed by atoms with Gasteiger partial charge in [0.05, 0.1) is 0 Å². The van der Waals surface area contributed by atoms with Gasteiger partial charge in [-0.05, 0) is 19.0 Å². The Labute approximate surface area is 104 Å². The highest BCUT2D eigenvalue weighted by molar-refractivity contribution is 5.39. The number of aromatic hydroxyl groups is 1. The molecule has 1 heterocycles. The largest absolute Gasteiger partial charge is 0.507 e. The zero-order valence-corrected chi connectivity index (χ0v) is 10.8. The molecule has 1 aromatic rings. The quantitative estimate of drug-likeness (QED) is 0.864. The van der Waals surface area contributed by atoms with Crippen LogP contribution in [0.5, 0.6) is 5.75 Å². The number of piperazine rings is 1. The van der Waals surface area contributed by atoms with E-state index in [-0.39, 0.29) is 0 Å². The van der Waals surface area contributed by atoms with Crippen molar-refractivity contribution in [1.29, 1.82) is 0 Å². The van der Waals surface area contributed by atoms with E-state index in [9.17, 15) is 5.11 Å². The van der Waals surface area contributed by atoms with Crippen LogP contribution in [0, 0.1) is 6.92 Å². The monoisotopic (exact) mass is 234 g/mol. The van der Waals surface area contributed by atoms with Gasteiger partial charge in [0, 0.05) is 38.3 Å².